The number of amides is 1. The summed E-state index contributed by atoms with van der Waals surface area (Å²) in [6, 6.07) is -0.0641. The SMILES string of the molecule is CC(C(=N)N)N1CCN(C(=O)OC(C)(C)C)CC1. The van der Waals surface area contributed by atoms with E-state index in [1.165, 1.54) is 0 Å². The molecule has 0 radical (unpaired) electrons. The lowest BCUT2D eigenvalue weighted by Crippen LogP contribution is -2.54. The van der Waals surface area contributed by atoms with E-state index in [9.17, 15) is 4.79 Å². The molecule has 1 amide bonds. The first-order valence-electron chi connectivity index (χ1n) is 6.26. The van der Waals surface area contributed by atoms with Gasteiger partial charge in [0.25, 0.3) is 0 Å². The fourth-order valence-corrected chi connectivity index (χ4v) is 1.81. The van der Waals surface area contributed by atoms with Crippen LogP contribution in [0.2, 0.25) is 0 Å². The van der Waals surface area contributed by atoms with E-state index in [1.807, 2.05) is 27.7 Å². The average molecular weight is 256 g/mol. The maximum Gasteiger partial charge on any atom is 0.410 e. The smallest absolute Gasteiger partial charge is 0.410 e. The predicted octanol–water partition coefficient (Wildman–Crippen LogP) is 0.864. The Morgan fingerprint density at radius 2 is 1.78 bits per heavy atom. The van der Waals surface area contributed by atoms with Gasteiger partial charge in [-0.15, -0.1) is 0 Å². The molecule has 104 valence electrons. The highest BCUT2D eigenvalue weighted by Gasteiger charge is 2.28. The molecule has 1 fully saturated rings. The van der Waals surface area contributed by atoms with Gasteiger partial charge in [0.05, 0.1) is 6.04 Å². The van der Waals surface area contributed by atoms with Crippen LogP contribution in [0.5, 0.6) is 0 Å². The molecule has 0 saturated carbocycles. The Bertz CT molecular complexity index is 317. The third-order valence-corrected chi connectivity index (χ3v) is 2.96. The zero-order valence-corrected chi connectivity index (χ0v) is 11.7. The summed E-state index contributed by atoms with van der Waals surface area (Å²) in [5.41, 5.74) is 5.02. The van der Waals surface area contributed by atoms with Crippen molar-refractivity contribution in [3.63, 3.8) is 0 Å². The second-order valence-electron chi connectivity index (χ2n) is 5.63. The Hall–Kier alpha value is -1.30. The van der Waals surface area contributed by atoms with E-state index < -0.39 is 5.60 Å². The quantitative estimate of drug-likeness (QED) is 0.567. The number of hydrogen-bond donors (Lipinski definition) is 2. The first kappa shape index (κ1) is 14.8. The minimum atomic E-state index is -0.457. The van der Waals surface area contributed by atoms with Crippen molar-refractivity contribution in [1.82, 2.24) is 9.80 Å². The van der Waals surface area contributed by atoms with Gasteiger partial charge in [-0.2, -0.15) is 0 Å². The van der Waals surface area contributed by atoms with Crippen LogP contribution in [0.15, 0.2) is 0 Å². The van der Waals surface area contributed by atoms with Crippen LogP contribution in [0.25, 0.3) is 0 Å². The molecule has 0 aromatic heterocycles. The third-order valence-electron chi connectivity index (χ3n) is 2.96. The number of carbonyl (C=O) groups excluding carboxylic acids is 1. The molecule has 1 rings (SSSR count). The van der Waals surface area contributed by atoms with Gasteiger partial charge in [0, 0.05) is 26.2 Å². The Balaban J connectivity index is 2.44. The van der Waals surface area contributed by atoms with Gasteiger partial charge in [0.2, 0.25) is 0 Å². The van der Waals surface area contributed by atoms with E-state index in [0.717, 1.165) is 13.1 Å². The number of nitrogens with one attached hydrogen (secondary N) is 1. The molecule has 1 heterocycles. The van der Waals surface area contributed by atoms with Crippen molar-refractivity contribution in [2.45, 2.75) is 39.3 Å². The summed E-state index contributed by atoms with van der Waals surface area (Å²) < 4.78 is 5.32. The molecule has 3 N–H and O–H groups in total. The Morgan fingerprint density at radius 3 is 2.17 bits per heavy atom. The Kier molecular flexibility index (Phi) is 4.56. The largest absolute Gasteiger partial charge is 0.444 e. The molecular weight excluding hydrogens is 232 g/mol. The maximum atomic E-state index is 11.8. The van der Waals surface area contributed by atoms with Crippen LogP contribution >= 0.6 is 0 Å². The van der Waals surface area contributed by atoms with Gasteiger partial charge in [-0.1, -0.05) is 0 Å². The van der Waals surface area contributed by atoms with Gasteiger partial charge < -0.3 is 15.4 Å². The number of piperazine rings is 1. The molecule has 1 atom stereocenters. The van der Waals surface area contributed by atoms with E-state index in [2.05, 4.69) is 4.90 Å². The van der Waals surface area contributed by atoms with Gasteiger partial charge in [-0.3, -0.25) is 10.3 Å². The second-order valence-corrected chi connectivity index (χ2v) is 5.63. The normalized spacial score (nSPS) is 19.4. The molecule has 0 aromatic rings. The molecule has 0 aromatic carbocycles. The standard InChI is InChI=1S/C12H24N4O2/c1-9(10(13)14)15-5-7-16(8-6-15)11(17)18-12(2,3)4/h9H,5-8H2,1-4H3,(H3,13,14). The van der Waals surface area contributed by atoms with Crippen molar-refractivity contribution in [2.75, 3.05) is 26.2 Å². The third kappa shape index (κ3) is 4.18. The highest BCUT2D eigenvalue weighted by atomic mass is 16.6. The van der Waals surface area contributed by atoms with Gasteiger partial charge in [-0.05, 0) is 27.7 Å². The maximum absolute atomic E-state index is 11.8. The minimum Gasteiger partial charge on any atom is -0.444 e. The summed E-state index contributed by atoms with van der Waals surface area (Å²) in [7, 11) is 0. The van der Waals surface area contributed by atoms with Gasteiger partial charge in [0.15, 0.2) is 0 Å². The van der Waals surface area contributed by atoms with Crippen molar-refractivity contribution >= 4 is 11.9 Å². The first-order valence-corrected chi connectivity index (χ1v) is 6.26. The topological polar surface area (TPSA) is 82.7 Å². The van der Waals surface area contributed by atoms with Crippen LogP contribution in [0, 0.1) is 5.41 Å². The van der Waals surface area contributed by atoms with Crippen LogP contribution in [0.3, 0.4) is 0 Å². The predicted molar refractivity (Wildman–Crippen MR) is 70.8 cm³/mol. The molecule has 1 unspecified atom stereocenters. The Morgan fingerprint density at radius 1 is 1.28 bits per heavy atom. The van der Waals surface area contributed by atoms with E-state index in [1.54, 1.807) is 4.90 Å². The summed E-state index contributed by atoms with van der Waals surface area (Å²) in [4.78, 5) is 15.6. The van der Waals surface area contributed by atoms with Crippen molar-refractivity contribution in [2.24, 2.45) is 5.73 Å². The molecule has 1 aliphatic rings. The van der Waals surface area contributed by atoms with Crippen LogP contribution < -0.4 is 5.73 Å². The number of carbonyl (C=O) groups is 1. The fraction of sp³-hybridized carbons (Fsp3) is 0.833. The summed E-state index contributed by atoms with van der Waals surface area (Å²) in [6.07, 6.45) is -0.266. The van der Waals surface area contributed by atoms with Crippen molar-refractivity contribution in [3.05, 3.63) is 0 Å². The van der Waals surface area contributed by atoms with Crippen LogP contribution in [0.1, 0.15) is 27.7 Å². The second kappa shape index (κ2) is 5.56. The number of nitrogens with zero attached hydrogens (tertiary/aromatic N) is 2. The molecule has 1 saturated heterocycles. The van der Waals surface area contributed by atoms with Gasteiger partial charge >= 0.3 is 6.09 Å². The Labute approximate surface area is 109 Å². The number of nitrogens with two attached hydrogens (primary N) is 1. The van der Waals surface area contributed by atoms with E-state index in [-0.39, 0.29) is 18.0 Å². The summed E-state index contributed by atoms with van der Waals surface area (Å²) in [5, 5.41) is 7.42. The molecule has 6 nitrogen and oxygen atoms in total. The van der Waals surface area contributed by atoms with E-state index in [0.29, 0.717) is 13.1 Å². The molecule has 0 bridgehead atoms. The van der Waals surface area contributed by atoms with Crippen LogP contribution in [-0.2, 0) is 4.74 Å². The van der Waals surface area contributed by atoms with Crippen LogP contribution in [-0.4, -0.2) is 59.6 Å². The summed E-state index contributed by atoms with van der Waals surface area (Å²) in [5.74, 6) is 0.167. The molecule has 1 aliphatic heterocycles. The minimum absolute atomic E-state index is 0.0641. The fourth-order valence-electron chi connectivity index (χ4n) is 1.81. The van der Waals surface area contributed by atoms with E-state index >= 15 is 0 Å². The zero-order valence-electron chi connectivity index (χ0n) is 11.7. The molecule has 6 heteroatoms. The van der Waals surface area contributed by atoms with Crippen molar-refractivity contribution in [1.29, 1.82) is 5.41 Å². The number of amidine groups is 1. The van der Waals surface area contributed by atoms with Gasteiger partial charge in [-0.25, -0.2) is 4.79 Å². The summed E-state index contributed by atoms with van der Waals surface area (Å²) in [6.45, 7) is 10.2. The van der Waals surface area contributed by atoms with Crippen molar-refractivity contribution in [3.8, 4) is 0 Å². The lowest BCUT2D eigenvalue weighted by atomic mass is 10.2. The first-order chi connectivity index (χ1) is 8.20. The summed E-state index contributed by atoms with van der Waals surface area (Å²) >= 11 is 0. The number of ether oxygens (including phenoxy) is 1. The molecule has 18 heavy (non-hydrogen) atoms. The van der Waals surface area contributed by atoms with Crippen LogP contribution in [0.4, 0.5) is 4.79 Å². The molecule has 0 spiro atoms. The highest BCUT2D eigenvalue weighted by molar-refractivity contribution is 5.82. The van der Waals surface area contributed by atoms with Gasteiger partial charge in [0.1, 0.15) is 11.4 Å². The number of rotatable bonds is 2. The van der Waals surface area contributed by atoms with Crippen molar-refractivity contribution < 1.29 is 9.53 Å². The average Bonchev–Trinajstić information content (AvgIpc) is 2.26. The highest BCUT2D eigenvalue weighted by Crippen LogP contribution is 2.12. The monoisotopic (exact) mass is 256 g/mol. The van der Waals surface area contributed by atoms with E-state index in [4.69, 9.17) is 15.9 Å². The lowest BCUT2D eigenvalue weighted by molar-refractivity contribution is 0.0134. The number of hydrogen-bond acceptors (Lipinski definition) is 4. The zero-order chi connectivity index (χ0) is 13.9. The lowest BCUT2D eigenvalue weighted by Gasteiger charge is -2.38. The molecule has 0 aliphatic carbocycles. The molecular formula is C12H24N4O2.